The predicted molar refractivity (Wildman–Crippen MR) is 72.6 cm³/mol. The van der Waals surface area contributed by atoms with Gasteiger partial charge in [0.15, 0.2) is 11.5 Å². The Hall–Kier alpha value is -0.970. The number of aliphatic hydroxyl groups is 1. The second-order valence-corrected chi connectivity index (χ2v) is 4.47. The zero-order valence-electron chi connectivity index (χ0n) is 11.0. The van der Waals surface area contributed by atoms with Gasteiger partial charge in [-0.2, -0.15) is 0 Å². The molecule has 0 aliphatic rings. The lowest BCUT2D eigenvalue weighted by Crippen LogP contribution is -2.17. The molecular weight excluding hydrogens is 254 g/mol. The van der Waals surface area contributed by atoms with E-state index in [-0.39, 0.29) is 6.61 Å². The van der Waals surface area contributed by atoms with Crippen molar-refractivity contribution in [3.8, 4) is 11.5 Å². The maximum absolute atomic E-state index is 9.29. The minimum absolute atomic E-state index is 0.219. The molecular formula is C13H20ClNO3. The molecule has 0 saturated heterocycles. The Morgan fingerprint density at radius 3 is 2.72 bits per heavy atom. The minimum Gasteiger partial charge on any atom is -0.493 e. The van der Waals surface area contributed by atoms with Gasteiger partial charge in [0.2, 0.25) is 0 Å². The summed E-state index contributed by atoms with van der Waals surface area (Å²) in [5.74, 6) is 1.21. The zero-order valence-corrected chi connectivity index (χ0v) is 11.8. The molecule has 1 aromatic carbocycles. The first-order valence-electron chi connectivity index (χ1n) is 5.96. The standard InChI is InChI=1S/C13H20ClNO3/c1-4-15-7-10-5-11(14)6-12(17-3)13(10)18-8-9(2)16/h5-6,9,15-16H,4,7-8H2,1-3H3. The lowest BCUT2D eigenvalue weighted by atomic mass is 10.1. The van der Waals surface area contributed by atoms with Crippen molar-refractivity contribution in [3.63, 3.8) is 0 Å². The SMILES string of the molecule is CCNCc1cc(Cl)cc(OC)c1OCC(C)O. The molecule has 1 atom stereocenters. The highest BCUT2D eigenvalue weighted by Crippen LogP contribution is 2.34. The number of nitrogens with one attached hydrogen (secondary N) is 1. The number of aliphatic hydroxyl groups excluding tert-OH is 1. The van der Waals surface area contributed by atoms with Crippen molar-refractivity contribution in [2.45, 2.75) is 26.5 Å². The van der Waals surface area contributed by atoms with Gasteiger partial charge in [-0.05, 0) is 19.5 Å². The minimum atomic E-state index is -0.530. The number of halogens is 1. The number of ether oxygens (including phenoxy) is 2. The van der Waals surface area contributed by atoms with Gasteiger partial charge in [-0.15, -0.1) is 0 Å². The molecule has 0 bridgehead atoms. The summed E-state index contributed by atoms with van der Waals surface area (Å²) < 4.78 is 10.9. The second kappa shape index (κ2) is 7.46. The lowest BCUT2D eigenvalue weighted by Gasteiger charge is -2.17. The Balaban J connectivity index is 2.99. The number of hydrogen-bond donors (Lipinski definition) is 2. The van der Waals surface area contributed by atoms with Gasteiger partial charge in [0.25, 0.3) is 0 Å². The average molecular weight is 274 g/mol. The van der Waals surface area contributed by atoms with Crippen LogP contribution in [-0.2, 0) is 6.54 Å². The fourth-order valence-corrected chi connectivity index (χ4v) is 1.76. The number of benzene rings is 1. The highest BCUT2D eigenvalue weighted by Gasteiger charge is 2.13. The molecule has 0 heterocycles. The highest BCUT2D eigenvalue weighted by molar-refractivity contribution is 6.30. The van der Waals surface area contributed by atoms with Crippen molar-refractivity contribution < 1.29 is 14.6 Å². The normalized spacial score (nSPS) is 12.3. The van der Waals surface area contributed by atoms with Crippen LogP contribution in [0, 0.1) is 0 Å². The summed E-state index contributed by atoms with van der Waals surface area (Å²) in [5.41, 5.74) is 0.918. The smallest absolute Gasteiger partial charge is 0.165 e. The molecule has 1 rings (SSSR count). The maximum atomic E-state index is 9.29. The van der Waals surface area contributed by atoms with Gasteiger partial charge in [-0.1, -0.05) is 18.5 Å². The quantitative estimate of drug-likeness (QED) is 0.800. The molecule has 0 radical (unpaired) electrons. The van der Waals surface area contributed by atoms with Crippen LogP contribution < -0.4 is 14.8 Å². The number of hydrogen-bond acceptors (Lipinski definition) is 4. The summed E-state index contributed by atoms with van der Waals surface area (Å²) in [6.45, 7) is 5.41. The van der Waals surface area contributed by atoms with Gasteiger partial charge in [-0.3, -0.25) is 0 Å². The second-order valence-electron chi connectivity index (χ2n) is 4.04. The van der Waals surface area contributed by atoms with Gasteiger partial charge < -0.3 is 19.9 Å². The molecule has 0 spiro atoms. The van der Waals surface area contributed by atoms with E-state index in [2.05, 4.69) is 5.32 Å². The Morgan fingerprint density at radius 1 is 1.44 bits per heavy atom. The van der Waals surface area contributed by atoms with E-state index in [0.717, 1.165) is 12.1 Å². The molecule has 0 saturated carbocycles. The first-order chi connectivity index (χ1) is 8.58. The summed E-state index contributed by atoms with van der Waals surface area (Å²) in [6, 6.07) is 3.54. The van der Waals surface area contributed by atoms with E-state index in [0.29, 0.717) is 23.1 Å². The van der Waals surface area contributed by atoms with Crippen molar-refractivity contribution >= 4 is 11.6 Å². The third kappa shape index (κ3) is 4.37. The monoisotopic (exact) mass is 273 g/mol. The third-order valence-corrected chi connectivity index (χ3v) is 2.57. The first kappa shape index (κ1) is 15.1. The van der Waals surface area contributed by atoms with E-state index in [1.165, 1.54) is 0 Å². The van der Waals surface area contributed by atoms with Crippen molar-refractivity contribution in [2.24, 2.45) is 0 Å². The Morgan fingerprint density at radius 2 is 2.17 bits per heavy atom. The summed E-state index contributed by atoms with van der Waals surface area (Å²) in [6.07, 6.45) is -0.530. The van der Waals surface area contributed by atoms with Gasteiger partial charge in [0.05, 0.1) is 13.2 Å². The van der Waals surface area contributed by atoms with Crippen molar-refractivity contribution in [1.82, 2.24) is 5.32 Å². The number of rotatable bonds is 7. The molecule has 0 aliphatic heterocycles. The Kier molecular flexibility index (Phi) is 6.25. The zero-order chi connectivity index (χ0) is 13.5. The third-order valence-electron chi connectivity index (χ3n) is 2.35. The van der Waals surface area contributed by atoms with Crippen LogP contribution in [0.15, 0.2) is 12.1 Å². The van der Waals surface area contributed by atoms with E-state index < -0.39 is 6.10 Å². The molecule has 0 aromatic heterocycles. The van der Waals surface area contributed by atoms with Crippen LogP contribution >= 0.6 is 11.6 Å². The van der Waals surface area contributed by atoms with E-state index >= 15 is 0 Å². The van der Waals surface area contributed by atoms with E-state index in [1.54, 1.807) is 20.1 Å². The summed E-state index contributed by atoms with van der Waals surface area (Å²) in [5, 5.41) is 13.1. The van der Waals surface area contributed by atoms with Gasteiger partial charge >= 0.3 is 0 Å². The van der Waals surface area contributed by atoms with Gasteiger partial charge in [0, 0.05) is 23.2 Å². The highest BCUT2D eigenvalue weighted by atomic mass is 35.5. The van der Waals surface area contributed by atoms with Crippen LogP contribution in [0.25, 0.3) is 0 Å². The Bertz CT molecular complexity index is 383. The Labute approximate surface area is 113 Å². The lowest BCUT2D eigenvalue weighted by molar-refractivity contribution is 0.120. The van der Waals surface area contributed by atoms with Gasteiger partial charge in [0.1, 0.15) is 6.61 Å². The topological polar surface area (TPSA) is 50.7 Å². The molecule has 0 fully saturated rings. The molecule has 5 heteroatoms. The maximum Gasteiger partial charge on any atom is 0.165 e. The van der Waals surface area contributed by atoms with Crippen LogP contribution in [0.3, 0.4) is 0 Å². The molecule has 1 aromatic rings. The summed E-state index contributed by atoms with van der Waals surface area (Å²) in [7, 11) is 1.57. The van der Waals surface area contributed by atoms with Crippen molar-refractivity contribution in [2.75, 3.05) is 20.3 Å². The van der Waals surface area contributed by atoms with Crippen molar-refractivity contribution in [3.05, 3.63) is 22.7 Å². The molecule has 102 valence electrons. The predicted octanol–water partition coefficient (Wildman–Crippen LogP) is 2.22. The van der Waals surface area contributed by atoms with Crippen LogP contribution in [0.5, 0.6) is 11.5 Å². The van der Waals surface area contributed by atoms with E-state index in [4.69, 9.17) is 21.1 Å². The largest absolute Gasteiger partial charge is 0.493 e. The average Bonchev–Trinajstić information content (AvgIpc) is 2.33. The van der Waals surface area contributed by atoms with E-state index in [1.807, 2.05) is 13.0 Å². The molecule has 2 N–H and O–H groups in total. The fourth-order valence-electron chi connectivity index (χ4n) is 1.53. The van der Waals surface area contributed by atoms with Crippen LogP contribution in [0.1, 0.15) is 19.4 Å². The van der Waals surface area contributed by atoms with Crippen molar-refractivity contribution in [1.29, 1.82) is 0 Å². The molecule has 0 aliphatic carbocycles. The van der Waals surface area contributed by atoms with E-state index in [9.17, 15) is 5.11 Å². The summed E-state index contributed by atoms with van der Waals surface area (Å²) >= 11 is 6.03. The molecule has 0 amide bonds. The summed E-state index contributed by atoms with van der Waals surface area (Å²) in [4.78, 5) is 0. The van der Waals surface area contributed by atoms with Crippen LogP contribution in [0.2, 0.25) is 5.02 Å². The first-order valence-corrected chi connectivity index (χ1v) is 6.34. The number of methoxy groups -OCH3 is 1. The molecule has 1 unspecified atom stereocenters. The van der Waals surface area contributed by atoms with Gasteiger partial charge in [-0.25, -0.2) is 0 Å². The molecule has 4 nitrogen and oxygen atoms in total. The molecule has 18 heavy (non-hydrogen) atoms. The fraction of sp³-hybridized carbons (Fsp3) is 0.538. The van der Waals surface area contributed by atoms with Crippen LogP contribution in [0.4, 0.5) is 0 Å². The van der Waals surface area contributed by atoms with Crippen LogP contribution in [-0.4, -0.2) is 31.5 Å².